The van der Waals surface area contributed by atoms with E-state index in [1.54, 1.807) is 31.2 Å². The van der Waals surface area contributed by atoms with Gasteiger partial charge in [-0.25, -0.2) is 13.8 Å². The van der Waals surface area contributed by atoms with Gasteiger partial charge in [0.05, 0.1) is 23.3 Å². The van der Waals surface area contributed by atoms with Crippen molar-refractivity contribution in [2.45, 2.75) is 23.9 Å². The van der Waals surface area contributed by atoms with Gasteiger partial charge in [-0.2, -0.15) is 0 Å². The number of nitrogens with one attached hydrogen (secondary N) is 1. The Labute approximate surface area is 174 Å². The molecule has 0 bridgehead atoms. The minimum absolute atomic E-state index is 0.0878. The van der Waals surface area contributed by atoms with Crippen LogP contribution >= 0.6 is 11.8 Å². The van der Waals surface area contributed by atoms with Crippen LogP contribution in [0.25, 0.3) is 10.9 Å². The van der Waals surface area contributed by atoms with Crippen molar-refractivity contribution >= 4 is 40.2 Å². The van der Waals surface area contributed by atoms with Crippen LogP contribution in [0.5, 0.6) is 0 Å². The number of benzene rings is 2. The molecule has 30 heavy (non-hydrogen) atoms. The second kappa shape index (κ2) is 9.04. The Morgan fingerprint density at radius 2 is 1.93 bits per heavy atom. The fourth-order valence-electron chi connectivity index (χ4n) is 2.60. The SMILES string of the molecule is COC(=O)Cn1c(S[C@H](C)C(=O)Nc2ccc(F)c(F)c2)nc2ccccc2c1=O. The summed E-state index contributed by atoms with van der Waals surface area (Å²) in [5.74, 6) is -3.27. The Balaban J connectivity index is 1.89. The van der Waals surface area contributed by atoms with Crippen LogP contribution in [0.1, 0.15) is 6.92 Å². The molecule has 1 atom stereocenters. The van der Waals surface area contributed by atoms with Crippen LogP contribution in [0.3, 0.4) is 0 Å². The number of rotatable bonds is 6. The molecule has 0 unspecified atom stereocenters. The Morgan fingerprint density at radius 1 is 1.20 bits per heavy atom. The first-order valence-electron chi connectivity index (χ1n) is 8.79. The second-order valence-electron chi connectivity index (χ2n) is 6.26. The van der Waals surface area contributed by atoms with Crippen LogP contribution in [-0.4, -0.2) is 33.8 Å². The maximum Gasteiger partial charge on any atom is 0.325 e. The highest BCUT2D eigenvalue weighted by Crippen LogP contribution is 2.24. The first kappa shape index (κ1) is 21.4. The number of anilines is 1. The van der Waals surface area contributed by atoms with Crippen molar-refractivity contribution in [3.8, 4) is 0 Å². The van der Waals surface area contributed by atoms with Gasteiger partial charge < -0.3 is 10.1 Å². The van der Waals surface area contributed by atoms with Crippen LogP contribution in [0, 0.1) is 11.6 Å². The zero-order valence-electron chi connectivity index (χ0n) is 16.0. The molecule has 0 aliphatic rings. The van der Waals surface area contributed by atoms with Crippen molar-refractivity contribution in [2.75, 3.05) is 12.4 Å². The van der Waals surface area contributed by atoms with E-state index in [4.69, 9.17) is 0 Å². The number of ether oxygens (including phenoxy) is 1. The predicted molar refractivity (Wildman–Crippen MR) is 108 cm³/mol. The number of amides is 1. The first-order chi connectivity index (χ1) is 14.3. The number of hydrogen-bond donors (Lipinski definition) is 1. The Hall–Kier alpha value is -3.27. The quantitative estimate of drug-likeness (QED) is 0.365. The van der Waals surface area contributed by atoms with Crippen molar-refractivity contribution in [1.29, 1.82) is 0 Å². The third-order valence-corrected chi connectivity index (χ3v) is 5.27. The van der Waals surface area contributed by atoms with Crippen LogP contribution in [-0.2, 0) is 20.9 Å². The van der Waals surface area contributed by atoms with Gasteiger partial charge in [0.1, 0.15) is 6.54 Å². The molecule has 0 aliphatic heterocycles. The van der Waals surface area contributed by atoms with Gasteiger partial charge in [0.15, 0.2) is 16.8 Å². The number of methoxy groups -OCH3 is 1. The van der Waals surface area contributed by atoms with E-state index < -0.39 is 34.3 Å². The molecule has 7 nitrogen and oxygen atoms in total. The third-order valence-electron chi connectivity index (χ3n) is 4.18. The molecule has 2 aromatic carbocycles. The maximum absolute atomic E-state index is 13.4. The molecule has 0 spiro atoms. The molecule has 1 aromatic heterocycles. The van der Waals surface area contributed by atoms with Crippen molar-refractivity contribution < 1.29 is 23.1 Å². The lowest BCUT2D eigenvalue weighted by atomic mass is 10.2. The molecular weight excluding hydrogens is 416 g/mol. The minimum atomic E-state index is -1.09. The highest BCUT2D eigenvalue weighted by atomic mass is 32.2. The van der Waals surface area contributed by atoms with E-state index in [-0.39, 0.29) is 17.4 Å². The topological polar surface area (TPSA) is 90.3 Å². The van der Waals surface area contributed by atoms with Crippen LogP contribution in [0.4, 0.5) is 14.5 Å². The number of aromatic nitrogens is 2. The summed E-state index contributed by atoms with van der Waals surface area (Å²) in [4.78, 5) is 41.5. The fourth-order valence-corrected chi connectivity index (χ4v) is 3.51. The van der Waals surface area contributed by atoms with E-state index in [1.807, 2.05) is 0 Å². The van der Waals surface area contributed by atoms with Gasteiger partial charge in [0.25, 0.3) is 5.56 Å². The van der Waals surface area contributed by atoms with E-state index in [9.17, 15) is 23.2 Å². The van der Waals surface area contributed by atoms with Gasteiger partial charge in [-0.15, -0.1) is 0 Å². The molecule has 156 valence electrons. The second-order valence-corrected chi connectivity index (χ2v) is 7.57. The highest BCUT2D eigenvalue weighted by molar-refractivity contribution is 8.00. The van der Waals surface area contributed by atoms with Gasteiger partial charge >= 0.3 is 5.97 Å². The number of thioether (sulfide) groups is 1. The lowest BCUT2D eigenvalue weighted by Gasteiger charge is -2.16. The third kappa shape index (κ3) is 4.65. The zero-order valence-corrected chi connectivity index (χ0v) is 16.8. The number of carbonyl (C=O) groups excluding carboxylic acids is 2. The lowest BCUT2D eigenvalue weighted by Crippen LogP contribution is -2.29. The smallest absolute Gasteiger partial charge is 0.325 e. The summed E-state index contributed by atoms with van der Waals surface area (Å²) in [5, 5.41) is 2.19. The number of carbonyl (C=O) groups is 2. The summed E-state index contributed by atoms with van der Waals surface area (Å²) in [6.45, 7) is 1.19. The predicted octanol–water partition coefficient (Wildman–Crippen LogP) is 2.97. The fraction of sp³-hybridized carbons (Fsp3) is 0.200. The molecule has 3 rings (SSSR count). The van der Waals surface area contributed by atoms with Gasteiger partial charge in [-0.1, -0.05) is 23.9 Å². The molecule has 0 saturated heterocycles. The first-order valence-corrected chi connectivity index (χ1v) is 9.67. The number of fused-ring (bicyclic) bond motifs is 1. The van der Waals surface area contributed by atoms with E-state index in [0.717, 1.165) is 28.5 Å². The van der Waals surface area contributed by atoms with E-state index >= 15 is 0 Å². The van der Waals surface area contributed by atoms with Crippen molar-refractivity contribution in [3.63, 3.8) is 0 Å². The standard InChI is InChI=1S/C20H17F2N3O4S/c1-11(18(27)23-12-7-8-14(21)15(22)9-12)30-20-24-16-6-4-3-5-13(16)19(28)25(20)10-17(26)29-2/h3-9,11H,10H2,1-2H3,(H,23,27)/t11-/m1/s1. The lowest BCUT2D eigenvalue weighted by molar-refractivity contribution is -0.141. The summed E-state index contributed by atoms with van der Waals surface area (Å²) >= 11 is 0.951. The maximum atomic E-state index is 13.4. The average Bonchev–Trinajstić information content (AvgIpc) is 2.73. The molecule has 1 amide bonds. The van der Waals surface area contributed by atoms with Crippen molar-refractivity contribution in [2.24, 2.45) is 0 Å². The summed E-state index contributed by atoms with van der Waals surface area (Å²) in [6, 6.07) is 9.63. The number of nitrogens with zero attached hydrogens (tertiary/aromatic N) is 2. The molecule has 1 heterocycles. The summed E-state index contributed by atoms with van der Waals surface area (Å²) < 4.78 is 32.2. The van der Waals surface area contributed by atoms with Gasteiger partial charge in [-0.3, -0.25) is 19.0 Å². The molecule has 1 N–H and O–H groups in total. The molecule has 3 aromatic rings. The molecule has 0 radical (unpaired) electrons. The number of halogens is 2. The molecular formula is C20H17F2N3O4S. The largest absolute Gasteiger partial charge is 0.468 e. The number of hydrogen-bond acceptors (Lipinski definition) is 6. The zero-order chi connectivity index (χ0) is 21.8. The van der Waals surface area contributed by atoms with Crippen LogP contribution in [0.2, 0.25) is 0 Å². The van der Waals surface area contributed by atoms with Crippen LogP contribution < -0.4 is 10.9 Å². The molecule has 0 saturated carbocycles. The van der Waals surface area contributed by atoms with Crippen molar-refractivity contribution in [1.82, 2.24) is 9.55 Å². The average molecular weight is 433 g/mol. The molecule has 10 heteroatoms. The normalized spacial score (nSPS) is 11.9. The monoisotopic (exact) mass is 433 g/mol. The molecule has 0 aliphatic carbocycles. The van der Waals surface area contributed by atoms with E-state index in [0.29, 0.717) is 10.9 Å². The van der Waals surface area contributed by atoms with E-state index in [1.165, 1.54) is 13.2 Å². The Morgan fingerprint density at radius 3 is 2.63 bits per heavy atom. The van der Waals surface area contributed by atoms with Gasteiger partial charge in [0, 0.05) is 11.8 Å². The number of para-hydroxylation sites is 1. The summed E-state index contributed by atoms with van der Waals surface area (Å²) in [7, 11) is 1.20. The minimum Gasteiger partial charge on any atom is -0.468 e. The number of esters is 1. The van der Waals surface area contributed by atoms with Crippen LogP contribution in [0.15, 0.2) is 52.4 Å². The van der Waals surface area contributed by atoms with Crippen molar-refractivity contribution in [3.05, 3.63) is 64.5 Å². The van der Waals surface area contributed by atoms with E-state index in [2.05, 4.69) is 15.0 Å². The summed E-state index contributed by atoms with van der Waals surface area (Å²) in [5.41, 5.74) is 0.0609. The molecule has 0 fully saturated rings. The summed E-state index contributed by atoms with van der Waals surface area (Å²) in [6.07, 6.45) is 0. The Bertz CT molecular complexity index is 1180. The van der Waals surface area contributed by atoms with Gasteiger partial charge in [0.2, 0.25) is 5.91 Å². The Kier molecular flexibility index (Phi) is 6.46. The highest BCUT2D eigenvalue weighted by Gasteiger charge is 2.21. The van der Waals surface area contributed by atoms with Gasteiger partial charge in [-0.05, 0) is 31.2 Å².